The van der Waals surface area contributed by atoms with Crippen LogP contribution in [-0.4, -0.2) is 41.5 Å². The number of pyridine rings is 1. The molecule has 1 aliphatic heterocycles. The molecule has 0 aliphatic carbocycles. The number of amides is 1. The third-order valence-corrected chi connectivity index (χ3v) is 4.52. The van der Waals surface area contributed by atoms with Crippen LogP contribution in [0.2, 0.25) is 0 Å². The molecule has 1 atom stereocenters. The molecule has 8 heteroatoms. The molecular weight excluding hydrogens is 401 g/mol. The lowest BCUT2D eigenvalue weighted by molar-refractivity contribution is 0.0740. The van der Waals surface area contributed by atoms with Crippen molar-refractivity contribution in [1.82, 2.24) is 9.88 Å². The van der Waals surface area contributed by atoms with Crippen LogP contribution in [0.1, 0.15) is 35.7 Å². The Labute approximate surface area is 178 Å². The van der Waals surface area contributed by atoms with Gasteiger partial charge in [-0.05, 0) is 44.0 Å². The second-order valence-electron chi connectivity index (χ2n) is 6.27. The summed E-state index contributed by atoms with van der Waals surface area (Å²) in [5.74, 6) is 1.19. The van der Waals surface area contributed by atoms with Gasteiger partial charge in [-0.1, -0.05) is 6.07 Å². The minimum absolute atomic E-state index is 0. The Bertz CT molecular complexity index is 747. The SMILES string of the molecule is CCOc1cc(C(=O)N2CCCC2CN)ccc1OCc1cccnc1.Cl.Cl. The number of rotatable bonds is 7. The normalized spacial score (nSPS) is 15.4. The van der Waals surface area contributed by atoms with Gasteiger partial charge in [-0.3, -0.25) is 9.78 Å². The minimum Gasteiger partial charge on any atom is -0.490 e. The Morgan fingerprint density at radius 1 is 1.25 bits per heavy atom. The van der Waals surface area contributed by atoms with Gasteiger partial charge in [-0.2, -0.15) is 0 Å². The molecular formula is C20H27Cl2N3O3. The number of likely N-dealkylation sites (tertiary alicyclic amines) is 1. The number of hydrogen-bond donors (Lipinski definition) is 1. The molecule has 0 bridgehead atoms. The maximum Gasteiger partial charge on any atom is 0.254 e. The summed E-state index contributed by atoms with van der Waals surface area (Å²) in [5, 5.41) is 0. The van der Waals surface area contributed by atoms with Crippen molar-refractivity contribution in [3.8, 4) is 11.5 Å². The van der Waals surface area contributed by atoms with Crippen LogP contribution in [0.15, 0.2) is 42.7 Å². The molecule has 28 heavy (non-hydrogen) atoms. The average Bonchev–Trinajstić information content (AvgIpc) is 3.16. The fourth-order valence-electron chi connectivity index (χ4n) is 3.19. The maximum absolute atomic E-state index is 12.8. The van der Waals surface area contributed by atoms with Gasteiger partial charge in [0.2, 0.25) is 0 Å². The van der Waals surface area contributed by atoms with Gasteiger partial charge in [0.25, 0.3) is 5.91 Å². The molecule has 6 nitrogen and oxygen atoms in total. The Balaban J connectivity index is 0.00000196. The van der Waals surface area contributed by atoms with Crippen molar-refractivity contribution in [3.05, 3.63) is 53.9 Å². The van der Waals surface area contributed by atoms with E-state index in [4.69, 9.17) is 15.2 Å². The molecule has 1 unspecified atom stereocenters. The molecule has 2 heterocycles. The van der Waals surface area contributed by atoms with Crippen LogP contribution in [0, 0.1) is 0 Å². The smallest absolute Gasteiger partial charge is 0.254 e. The van der Waals surface area contributed by atoms with Crippen molar-refractivity contribution in [3.63, 3.8) is 0 Å². The Hall–Kier alpha value is -2.02. The molecule has 1 aromatic carbocycles. The molecule has 2 aromatic rings. The van der Waals surface area contributed by atoms with Crippen LogP contribution in [0.3, 0.4) is 0 Å². The summed E-state index contributed by atoms with van der Waals surface area (Å²) >= 11 is 0. The zero-order valence-electron chi connectivity index (χ0n) is 15.9. The lowest BCUT2D eigenvalue weighted by Gasteiger charge is -2.24. The van der Waals surface area contributed by atoms with Crippen molar-refractivity contribution in [2.45, 2.75) is 32.4 Å². The van der Waals surface area contributed by atoms with Crippen molar-refractivity contribution in [2.75, 3.05) is 19.7 Å². The van der Waals surface area contributed by atoms with Crippen molar-refractivity contribution < 1.29 is 14.3 Å². The first kappa shape index (κ1) is 24.0. The first-order valence-electron chi connectivity index (χ1n) is 9.02. The van der Waals surface area contributed by atoms with Crippen LogP contribution in [0.5, 0.6) is 11.5 Å². The van der Waals surface area contributed by atoms with E-state index in [9.17, 15) is 4.79 Å². The van der Waals surface area contributed by atoms with E-state index in [0.717, 1.165) is 24.9 Å². The molecule has 2 N–H and O–H groups in total. The van der Waals surface area contributed by atoms with Gasteiger partial charge < -0.3 is 20.1 Å². The van der Waals surface area contributed by atoms with E-state index in [1.54, 1.807) is 30.6 Å². The number of hydrogen-bond acceptors (Lipinski definition) is 5. The van der Waals surface area contributed by atoms with Gasteiger partial charge in [0.15, 0.2) is 11.5 Å². The lowest BCUT2D eigenvalue weighted by atomic mass is 10.1. The van der Waals surface area contributed by atoms with E-state index in [2.05, 4.69) is 4.98 Å². The number of nitrogens with two attached hydrogens (primary N) is 1. The molecule has 1 amide bonds. The molecule has 1 aromatic heterocycles. The fraction of sp³-hybridized carbons (Fsp3) is 0.400. The molecule has 1 saturated heterocycles. The standard InChI is InChI=1S/C20H25N3O3.2ClH/c1-2-25-19-11-16(20(24)23-10-4-6-17(23)12-21)7-8-18(19)26-14-15-5-3-9-22-13-15;;/h3,5,7-9,11,13,17H,2,4,6,10,12,14,21H2,1H3;2*1H. The molecule has 0 spiro atoms. The Morgan fingerprint density at radius 2 is 2.07 bits per heavy atom. The predicted octanol–water partition coefficient (Wildman–Crippen LogP) is 3.47. The number of nitrogens with zero attached hydrogens (tertiary/aromatic N) is 2. The Morgan fingerprint density at radius 3 is 2.75 bits per heavy atom. The van der Waals surface area contributed by atoms with Crippen LogP contribution < -0.4 is 15.2 Å². The maximum atomic E-state index is 12.8. The highest BCUT2D eigenvalue weighted by Crippen LogP contribution is 2.30. The summed E-state index contributed by atoms with van der Waals surface area (Å²) in [6, 6.07) is 9.28. The second-order valence-corrected chi connectivity index (χ2v) is 6.27. The van der Waals surface area contributed by atoms with E-state index in [1.807, 2.05) is 24.0 Å². The number of halogens is 2. The molecule has 0 radical (unpaired) electrons. The largest absolute Gasteiger partial charge is 0.490 e. The molecule has 1 fully saturated rings. The zero-order chi connectivity index (χ0) is 18.4. The Kier molecular flexibility index (Phi) is 10.1. The highest BCUT2D eigenvalue weighted by atomic mass is 35.5. The van der Waals surface area contributed by atoms with Crippen LogP contribution >= 0.6 is 24.8 Å². The molecule has 1 aliphatic rings. The van der Waals surface area contributed by atoms with E-state index in [0.29, 0.717) is 36.8 Å². The van der Waals surface area contributed by atoms with E-state index >= 15 is 0 Å². The number of carbonyl (C=O) groups is 1. The van der Waals surface area contributed by atoms with Gasteiger partial charge in [-0.15, -0.1) is 24.8 Å². The molecule has 154 valence electrons. The number of ether oxygens (including phenoxy) is 2. The highest BCUT2D eigenvalue weighted by molar-refractivity contribution is 5.95. The van der Waals surface area contributed by atoms with Crippen molar-refractivity contribution >= 4 is 30.7 Å². The molecule has 0 saturated carbocycles. The van der Waals surface area contributed by atoms with E-state index in [-0.39, 0.29) is 36.8 Å². The average molecular weight is 428 g/mol. The number of benzene rings is 1. The monoisotopic (exact) mass is 427 g/mol. The van der Waals surface area contributed by atoms with Gasteiger partial charge in [0, 0.05) is 42.7 Å². The van der Waals surface area contributed by atoms with Crippen LogP contribution in [0.25, 0.3) is 0 Å². The van der Waals surface area contributed by atoms with E-state index in [1.165, 1.54) is 0 Å². The molecule has 3 rings (SSSR count). The summed E-state index contributed by atoms with van der Waals surface area (Å²) in [6.07, 6.45) is 5.45. The predicted molar refractivity (Wildman–Crippen MR) is 114 cm³/mol. The summed E-state index contributed by atoms with van der Waals surface area (Å²) in [6.45, 7) is 4.04. The highest BCUT2D eigenvalue weighted by Gasteiger charge is 2.28. The third kappa shape index (κ3) is 5.74. The van der Waals surface area contributed by atoms with Crippen molar-refractivity contribution in [1.29, 1.82) is 0 Å². The topological polar surface area (TPSA) is 77.7 Å². The van der Waals surface area contributed by atoms with Gasteiger partial charge in [0.1, 0.15) is 6.61 Å². The number of aromatic nitrogens is 1. The minimum atomic E-state index is -0.00212. The van der Waals surface area contributed by atoms with Crippen LogP contribution in [0.4, 0.5) is 0 Å². The zero-order valence-corrected chi connectivity index (χ0v) is 17.5. The van der Waals surface area contributed by atoms with Gasteiger partial charge >= 0.3 is 0 Å². The first-order chi connectivity index (χ1) is 12.7. The summed E-state index contributed by atoms with van der Waals surface area (Å²) in [7, 11) is 0. The number of carbonyl (C=O) groups excluding carboxylic acids is 1. The van der Waals surface area contributed by atoms with Crippen LogP contribution in [-0.2, 0) is 6.61 Å². The second kappa shape index (κ2) is 11.7. The fourth-order valence-corrected chi connectivity index (χ4v) is 3.19. The third-order valence-electron chi connectivity index (χ3n) is 4.52. The van der Waals surface area contributed by atoms with Crippen molar-refractivity contribution in [2.24, 2.45) is 5.73 Å². The summed E-state index contributed by atoms with van der Waals surface area (Å²) in [4.78, 5) is 18.8. The summed E-state index contributed by atoms with van der Waals surface area (Å²) in [5.41, 5.74) is 7.36. The van der Waals surface area contributed by atoms with E-state index < -0.39 is 0 Å². The quantitative estimate of drug-likeness (QED) is 0.731. The summed E-state index contributed by atoms with van der Waals surface area (Å²) < 4.78 is 11.6. The lowest BCUT2D eigenvalue weighted by Crippen LogP contribution is -2.39. The van der Waals surface area contributed by atoms with Gasteiger partial charge in [0.05, 0.1) is 6.61 Å². The van der Waals surface area contributed by atoms with Gasteiger partial charge in [-0.25, -0.2) is 0 Å². The first-order valence-corrected chi connectivity index (χ1v) is 9.02.